The summed E-state index contributed by atoms with van der Waals surface area (Å²) in [6, 6.07) is 0.487. The van der Waals surface area contributed by atoms with Gasteiger partial charge < -0.3 is 14.9 Å². The normalized spacial score (nSPS) is 16.0. The third-order valence-corrected chi connectivity index (χ3v) is 4.35. The molecule has 26 heavy (non-hydrogen) atoms. The lowest BCUT2D eigenvalue weighted by Crippen LogP contribution is -2.40. The van der Waals surface area contributed by atoms with E-state index in [-0.39, 0.29) is 24.1 Å². The minimum Gasteiger partial charge on any atom is -0.337 e. The Morgan fingerprint density at radius 2 is 1.96 bits per heavy atom. The molecule has 0 radical (unpaired) electrons. The lowest BCUT2D eigenvalue weighted by Gasteiger charge is -2.31. The van der Waals surface area contributed by atoms with Crippen LogP contribution < -0.4 is 11.2 Å². The SMILES string of the molecule is O=C(c1c[nH]c(=O)[nH]1)N1CCC(Cn2cnc(C(F)(F)F)cc2=O)CC1. The van der Waals surface area contributed by atoms with Crippen LogP contribution in [-0.4, -0.2) is 43.4 Å². The number of carbonyl (C=O) groups excluding carboxylic acids is 1. The van der Waals surface area contributed by atoms with E-state index < -0.39 is 23.1 Å². The molecule has 2 aromatic rings. The number of nitrogens with one attached hydrogen (secondary N) is 2. The largest absolute Gasteiger partial charge is 0.433 e. The van der Waals surface area contributed by atoms with E-state index in [0.29, 0.717) is 32.0 Å². The third-order valence-electron chi connectivity index (χ3n) is 4.35. The minimum atomic E-state index is -4.65. The first kappa shape index (κ1) is 18.0. The van der Waals surface area contributed by atoms with Gasteiger partial charge in [0.2, 0.25) is 0 Å². The summed E-state index contributed by atoms with van der Waals surface area (Å²) in [6.45, 7) is 1.10. The highest BCUT2D eigenvalue weighted by Crippen LogP contribution is 2.26. The zero-order chi connectivity index (χ0) is 18.9. The number of likely N-dealkylation sites (tertiary alicyclic amines) is 1. The molecule has 1 aliphatic rings. The molecule has 0 unspecified atom stereocenters. The van der Waals surface area contributed by atoms with E-state index in [2.05, 4.69) is 15.0 Å². The Balaban J connectivity index is 1.60. The molecule has 1 saturated heterocycles. The minimum absolute atomic E-state index is 0.0422. The highest BCUT2D eigenvalue weighted by Gasteiger charge is 2.33. The molecule has 3 heterocycles. The van der Waals surface area contributed by atoms with Crippen molar-refractivity contribution in [3.63, 3.8) is 0 Å². The van der Waals surface area contributed by atoms with Crippen molar-refractivity contribution in [2.75, 3.05) is 13.1 Å². The summed E-state index contributed by atoms with van der Waals surface area (Å²) in [5.74, 6) is -0.254. The van der Waals surface area contributed by atoms with Crippen molar-refractivity contribution in [1.82, 2.24) is 24.4 Å². The second-order valence-corrected chi connectivity index (χ2v) is 6.15. The molecule has 0 spiro atoms. The number of piperidine rings is 1. The molecule has 11 heteroatoms. The van der Waals surface area contributed by atoms with Gasteiger partial charge in [0.1, 0.15) is 5.69 Å². The van der Waals surface area contributed by atoms with E-state index in [0.717, 1.165) is 10.9 Å². The fourth-order valence-electron chi connectivity index (χ4n) is 2.93. The Hall–Kier alpha value is -2.85. The van der Waals surface area contributed by atoms with Crippen molar-refractivity contribution < 1.29 is 18.0 Å². The molecule has 0 atom stereocenters. The van der Waals surface area contributed by atoms with Crippen molar-refractivity contribution in [2.45, 2.75) is 25.6 Å². The predicted molar refractivity (Wildman–Crippen MR) is 83.5 cm³/mol. The lowest BCUT2D eigenvalue weighted by atomic mass is 9.96. The number of hydrogen-bond donors (Lipinski definition) is 2. The number of alkyl halides is 3. The molecule has 2 N–H and O–H groups in total. The Bertz CT molecular complexity index is 906. The van der Waals surface area contributed by atoms with Gasteiger partial charge in [0.15, 0.2) is 5.69 Å². The monoisotopic (exact) mass is 371 g/mol. The molecule has 0 aromatic carbocycles. The topological polar surface area (TPSA) is 104 Å². The number of carbonyl (C=O) groups is 1. The van der Waals surface area contributed by atoms with E-state index in [4.69, 9.17) is 0 Å². The van der Waals surface area contributed by atoms with Crippen LogP contribution in [0.25, 0.3) is 0 Å². The summed E-state index contributed by atoms with van der Waals surface area (Å²) < 4.78 is 38.8. The molecule has 8 nitrogen and oxygen atoms in total. The van der Waals surface area contributed by atoms with Gasteiger partial charge >= 0.3 is 11.9 Å². The van der Waals surface area contributed by atoms with Crippen LogP contribution in [0.4, 0.5) is 13.2 Å². The number of amides is 1. The van der Waals surface area contributed by atoms with Gasteiger partial charge in [-0.15, -0.1) is 0 Å². The van der Waals surface area contributed by atoms with Gasteiger partial charge in [-0.2, -0.15) is 13.2 Å². The quantitative estimate of drug-likeness (QED) is 0.834. The van der Waals surface area contributed by atoms with E-state index in [1.807, 2.05) is 0 Å². The maximum atomic E-state index is 12.5. The zero-order valence-corrected chi connectivity index (χ0v) is 13.5. The Morgan fingerprint density at radius 1 is 1.27 bits per heavy atom. The Labute approximate surface area is 144 Å². The van der Waals surface area contributed by atoms with Crippen LogP contribution in [-0.2, 0) is 12.7 Å². The first-order valence-corrected chi connectivity index (χ1v) is 7.94. The lowest BCUT2D eigenvalue weighted by molar-refractivity contribution is -0.141. The van der Waals surface area contributed by atoms with Crippen LogP contribution in [0, 0.1) is 5.92 Å². The van der Waals surface area contributed by atoms with Gasteiger partial charge in [0.25, 0.3) is 11.5 Å². The van der Waals surface area contributed by atoms with Crippen molar-refractivity contribution in [3.05, 3.63) is 50.8 Å². The number of rotatable bonds is 3. The fourth-order valence-corrected chi connectivity index (χ4v) is 2.93. The molecule has 1 fully saturated rings. The predicted octanol–water partition coefficient (Wildman–Crippen LogP) is 0.831. The number of aromatic nitrogens is 4. The standard InChI is InChI=1S/C15H16F3N5O3/c16-15(17,18)11-5-12(24)23(8-20-11)7-9-1-3-22(4-2-9)13(25)10-6-19-14(26)21-10/h5-6,8-9H,1-4,7H2,(H2,19,21,26). The molecular formula is C15H16F3N5O3. The average molecular weight is 371 g/mol. The maximum absolute atomic E-state index is 12.5. The van der Waals surface area contributed by atoms with Crippen LogP contribution in [0.2, 0.25) is 0 Å². The molecule has 2 aromatic heterocycles. The van der Waals surface area contributed by atoms with Gasteiger partial charge in [0.05, 0.1) is 6.33 Å². The van der Waals surface area contributed by atoms with Crippen molar-refractivity contribution in [1.29, 1.82) is 0 Å². The summed E-state index contributed by atoms with van der Waals surface area (Å²) in [6.07, 6.45) is -1.25. The summed E-state index contributed by atoms with van der Waals surface area (Å²) >= 11 is 0. The molecule has 3 rings (SSSR count). The van der Waals surface area contributed by atoms with Gasteiger partial charge in [-0.25, -0.2) is 9.78 Å². The van der Waals surface area contributed by atoms with Crippen LogP contribution in [0.5, 0.6) is 0 Å². The first-order chi connectivity index (χ1) is 12.2. The number of hydrogen-bond acceptors (Lipinski definition) is 4. The van der Waals surface area contributed by atoms with E-state index >= 15 is 0 Å². The van der Waals surface area contributed by atoms with Gasteiger partial charge in [-0.1, -0.05) is 0 Å². The molecule has 0 aliphatic carbocycles. The average Bonchev–Trinajstić information content (AvgIpc) is 3.02. The van der Waals surface area contributed by atoms with Crippen molar-refractivity contribution >= 4 is 5.91 Å². The number of aromatic amines is 2. The molecule has 1 aliphatic heterocycles. The molecule has 0 saturated carbocycles. The number of imidazole rings is 1. The smallest absolute Gasteiger partial charge is 0.337 e. The second-order valence-electron chi connectivity index (χ2n) is 6.15. The van der Waals surface area contributed by atoms with E-state index in [1.165, 1.54) is 6.20 Å². The van der Waals surface area contributed by atoms with E-state index in [9.17, 15) is 27.6 Å². The van der Waals surface area contributed by atoms with Crippen LogP contribution in [0.3, 0.4) is 0 Å². The van der Waals surface area contributed by atoms with Gasteiger partial charge in [-0.05, 0) is 18.8 Å². The van der Waals surface area contributed by atoms with Crippen molar-refractivity contribution in [3.8, 4) is 0 Å². The molecule has 0 bridgehead atoms. The second kappa shape index (κ2) is 6.81. The summed E-state index contributed by atoms with van der Waals surface area (Å²) in [5, 5.41) is 0. The third kappa shape index (κ3) is 3.86. The number of halogens is 3. The highest BCUT2D eigenvalue weighted by atomic mass is 19.4. The van der Waals surface area contributed by atoms with Crippen molar-refractivity contribution in [2.24, 2.45) is 5.92 Å². The summed E-state index contributed by atoms with van der Waals surface area (Å²) in [7, 11) is 0. The highest BCUT2D eigenvalue weighted by molar-refractivity contribution is 5.92. The molecular weight excluding hydrogens is 355 g/mol. The van der Waals surface area contributed by atoms with Crippen LogP contribution >= 0.6 is 0 Å². The Morgan fingerprint density at radius 3 is 2.50 bits per heavy atom. The summed E-state index contributed by atoms with van der Waals surface area (Å²) in [4.78, 5) is 44.8. The maximum Gasteiger partial charge on any atom is 0.433 e. The van der Waals surface area contributed by atoms with Gasteiger partial charge in [0, 0.05) is 31.9 Å². The molecule has 1 amide bonds. The fraction of sp³-hybridized carbons (Fsp3) is 0.467. The van der Waals surface area contributed by atoms with Gasteiger partial charge in [-0.3, -0.25) is 14.2 Å². The van der Waals surface area contributed by atoms with Crippen LogP contribution in [0.15, 0.2) is 28.2 Å². The van der Waals surface area contributed by atoms with Crippen LogP contribution in [0.1, 0.15) is 29.0 Å². The number of nitrogens with zero attached hydrogens (tertiary/aromatic N) is 3. The zero-order valence-electron chi connectivity index (χ0n) is 13.5. The Kier molecular flexibility index (Phi) is 4.70. The summed E-state index contributed by atoms with van der Waals surface area (Å²) in [5.41, 5.74) is -2.25. The number of H-pyrrole nitrogens is 2. The first-order valence-electron chi connectivity index (χ1n) is 7.94. The molecule has 140 valence electrons. The van der Waals surface area contributed by atoms with E-state index in [1.54, 1.807) is 4.90 Å².